The van der Waals surface area contributed by atoms with Crippen LogP contribution in [0.1, 0.15) is 29.9 Å². The lowest BCUT2D eigenvalue weighted by molar-refractivity contribution is 0.268. The fourth-order valence-electron chi connectivity index (χ4n) is 9.00. The Balaban J connectivity index is 1.05. The van der Waals surface area contributed by atoms with Crippen molar-refractivity contribution in [2.45, 2.75) is 24.9 Å². The van der Waals surface area contributed by atoms with Gasteiger partial charge in [-0.25, -0.2) is 9.98 Å². The summed E-state index contributed by atoms with van der Waals surface area (Å²) in [6.45, 7) is 4.40. The van der Waals surface area contributed by atoms with Crippen LogP contribution in [-0.2, 0) is 0 Å². The fraction of sp³-hybridized carbons (Fsp3) is 0.0962. The highest BCUT2D eigenvalue weighted by Gasteiger charge is 2.36. The predicted molar refractivity (Wildman–Crippen MR) is 241 cm³/mol. The Morgan fingerprint density at radius 1 is 0.655 bits per heavy atom. The molecule has 6 nitrogen and oxygen atoms in total. The summed E-state index contributed by atoms with van der Waals surface area (Å²) in [7, 11) is 0. The number of benzene rings is 6. The highest BCUT2D eigenvalue weighted by molar-refractivity contribution is 6.19. The Kier molecular flexibility index (Phi) is 8.21. The second kappa shape index (κ2) is 14.0. The van der Waals surface area contributed by atoms with Gasteiger partial charge in [0.05, 0.1) is 34.3 Å². The smallest absolute Gasteiger partial charge is 0.161 e. The molecule has 8 aromatic rings. The van der Waals surface area contributed by atoms with Gasteiger partial charge in [0.1, 0.15) is 11.9 Å². The quantitative estimate of drug-likeness (QED) is 0.123. The number of allylic oxidation sites excluding steroid dienone is 2. The van der Waals surface area contributed by atoms with Gasteiger partial charge in [0.2, 0.25) is 0 Å². The molecular weight excluding hydrogens is 711 g/mol. The largest absolute Gasteiger partial charge is 0.483 e. The number of hydrogen-bond acceptors (Lipinski definition) is 2. The van der Waals surface area contributed by atoms with Crippen LogP contribution >= 0.6 is 0 Å². The molecule has 2 aliphatic carbocycles. The first-order chi connectivity index (χ1) is 28.7. The Morgan fingerprint density at radius 2 is 1.36 bits per heavy atom. The van der Waals surface area contributed by atoms with Gasteiger partial charge >= 0.3 is 0 Å². The van der Waals surface area contributed by atoms with Gasteiger partial charge in [0, 0.05) is 49.9 Å². The van der Waals surface area contributed by atoms with E-state index in [0.29, 0.717) is 18.2 Å². The van der Waals surface area contributed by atoms with Crippen molar-refractivity contribution >= 4 is 62.0 Å². The van der Waals surface area contributed by atoms with E-state index in [4.69, 9.17) is 14.7 Å². The Bertz CT molecular complexity index is 3140. The van der Waals surface area contributed by atoms with Crippen LogP contribution in [0.5, 0.6) is 5.75 Å². The van der Waals surface area contributed by atoms with Gasteiger partial charge < -0.3 is 13.9 Å². The lowest BCUT2D eigenvalue weighted by Crippen LogP contribution is -2.20. The number of nitrogens with zero attached hydrogens (tertiary/aromatic N) is 5. The molecule has 0 bridgehead atoms. The van der Waals surface area contributed by atoms with Gasteiger partial charge in [-0.1, -0.05) is 127 Å². The summed E-state index contributed by atoms with van der Waals surface area (Å²) in [6.07, 6.45) is 15.1. The number of para-hydroxylation sites is 4. The molecule has 0 spiro atoms. The molecule has 1 aliphatic heterocycles. The van der Waals surface area contributed by atoms with Crippen LogP contribution in [-0.4, -0.2) is 40.2 Å². The van der Waals surface area contributed by atoms with E-state index in [1.807, 2.05) is 30.3 Å². The van der Waals surface area contributed by atoms with Crippen molar-refractivity contribution in [2.75, 3.05) is 6.54 Å². The summed E-state index contributed by atoms with van der Waals surface area (Å²) in [5.41, 5.74) is 10.9. The van der Waals surface area contributed by atoms with E-state index >= 15 is 0 Å². The zero-order chi connectivity index (χ0) is 38.6. The van der Waals surface area contributed by atoms with Gasteiger partial charge in [-0.2, -0.15) is 0 Å². The molecule has 2 unspecified atom stereocenters. The summed E-state index contributed by atoms with van der Waals surface area (Å²) in [5.74, 6) is 2.08. The van der Waals surface area contributed by atoms with Crippen LogP contribution in [0, 0.1) is 0 Å². The number of aliphatic imine (C=N–C) groups is 3. The number of aromatic nitrogens is 2. The van der Waals surface area contributed by atoms with Crippen molar-refractivity contribution < 1.29 is 4.74 Å². The van der Waals surface area contributed by atoms with Crippen LogP contribution in [0.4, 0.5) is 0 Å². The van der Waals surface area contributed by atoms with Gasteiger partial charge in [-0.3, -0.25) is 4.99 Å². The maximum atomic E-state index is 7.07. The summed E-state index contributed by atoms with van der Waals surface area (Å²) in [6, 6.07) is 49.3. The SMILES string of the molecule is C=N/C(=N\C(=N/CC1=CCCC=C1)C1=CC2Oc3c(cccc3-n3c4ccccc4c4cc5c6ccccc6n(-c6ccccc6)c5cc43)C2C=C1)c1ccccc1. The highest BCUT2D eigenvalue weighted by Crippen LogP contribution is 2.48. The van der Waals surface area contributed by atoms with E-state index in [2.05, 4.69) is 166 Å². The number of hydrogen-bond donors (Lipinski definition) is 0. The molecule has 2 aromatic heterocycles. The monoisotopic (exact) mass is 749 g/mol. The third kappa shape index (κ3) is 5.59. The molecule has 0 radical (unpaired) electrons. The molecule has 0 fully saturated rings. The van der Waals surface area contributed by atoms with Gasteiger partial charge in [0.25, 0.3) is 0 Å². The van der Waals surface area contributed by atoms with E-state index in [0.717, 1.165) is 63.2 Å². The topological polar surface area (TPSA) is 56.2 Å². The molecule has 278 valence electrons. The highest BCUT2D eigenvalue weighted by atomic mass is 16.5. The van der Waals surface area contributed by atoms with Crippen LogP contribution in [0.2, 0.25) is 0 Å². The van der Waals surface area contributed by atoms with Gasteiger partial charge in [-0.15, -0.1) is 0 Å². The molecule has 11 rings (SSSR count). The van der Waals surface area contributed by atoms with Gasteiger partial charge in [0.15, 0.2) is 11.7 Å². The minimum Gasteiger partial charge on any atom is -0.483 e. The lowest BCUT2D eigenvalue weighted by atomic mass is 9.89. The van der Waals surface area contributed by atoms with Crippen LogP contribution in [0.3, 0.4) is 0 Å². The summed E-state index contributed by atoms with van der Waals surface area (Å²) in [4.78, 5) is 14.5. The Labute approximate surface area is 336 Å². The second-order valence-electron chi connectivity index (χ2n) is 15.1. The minimum atomic E-state index is -0.234. The minimum absolute atomic E-state index is 0.0412. The fourth-order valence-corrected chi connectivity index (χ4v) is 9.00. The van der Waals surface area contributed by atoms with Crippen LogP contribution in [0.25, 0.3) is 55.0 Å². The molecule has 58 heavy (non-hydrogen) atoms. The van der Waals surface area contributed by atoms with Crippen molar-refractivity contribution in [2.24, 2.45) is 15.0 Å². The van der Waals surface area contributed by atoms with Crippen LogP contribution < -0.4 is 4.74 Å². The normalized spacial score (nSPS) is 17.7. The van der Waals surface area contributed by atoms with E-state index in [-0.39, 0.29) is 12.0 Å². The molecule has 6 heteroatoms. The molecule has 6 aromatic carbocycles. The van der Waals surface area contributed by atoms with E-state index in [9.17, 15) is 0 Å². The van der Waals surface area contributed by atoms with Crippen molar-refractivity contribution in [1.82, 2.24) is 9.13 Å². The zero-order valence-corrected chi connectivity index (χ0v) is 31.9. The molecule has 0 saturated heterocycles. The van der Waals surface area contributed by atoms with Crippen molar-refractivity contribution in [3.05, 3.63) is 198 Å². The average molecular weight is 750 g/mol. The van der Waals surface area contributed by atoms with E-state index < -0.39 is 0 Å². The first kappa shape index (κ1) is 34.0. The molecule has 0 N–H and O–H groups in total. The average Bonchev–Trinajstić information content (AvgIpc) is 3.93. The molecule has 2 atom stereocenters. The maximum absolute atomic E-state index is 7.07. The number of rotatable bonds is 6. The number of fused-ring (bicyclic) bond motifs is 9. The summed E-state index contributed by atoms with van der Waals surface area (Å²) in [5, 5.41) is 4.89. The third-order valence-electron chi connectivity index (χ3n) is 11.7. The predicted octanol–water partition coefficient (Wildman–Crippen LogP) is 12.0. The molecule has 0 saturated carbocycles. The Hall–Kier alpha value is -7.31. The third-order valence-corrected chi connectivity index (χ3v) is 11.7. The van der Waals surface area contributed by atoms with Crippen LogP contribution in [0.15, 0.2) is 202 Å². The number of ether oxygens (including phenoxy) is 1. The van der Waals surface area contributed by atoms with Crippen molar-refractivity contribution in [3.8, 4) is 17.1 Å². The summed E-state index contributed by atoms with van der Waals surface area (Å²) >= 11 is 0. The van der Waals surface area contributed by atoms with Gasteiger partial charge in [-0.05, 0) is 73.7 Å². The Morgan fingerprint density at radius 3 is 2.10 bits per heavy atom. The van der Waals surface area contributed by atoms with Crippen molar-refractivity contribution in [1.29, 1.82) is 0 Å². The summed E-state index contributed by atoms with van der Waals surface area (Å²) < 4.78 is 11.8. The lowest BCUT2D eigenvalue weighted by Gasteiger charge is -2.19. The van der Waals surface area contributed by atoms with E-state index in [1.54, 1.807) is 0 Å². The van der Waals surface area contributed by atoms with E-state index in [1.165, 1.54) is 32.6 Å². The molecular formula is C52H39N5O. The number of amidine groups is 2. The standard InChI is InChI=1S/C52H39N5O/c1-53-51(35-18-7-3-8-19-35)55-52(54-33-34-16-5-2-6-17-34)36-28-29-40-41-24-15-27-46(50(41)58-49(40)30-36)57-45-26-14-12-23-39(45)43-31-42-38-22-11-13-25-44(38)56(47(42)32-48(43)57)37-20-9-4-10-21-37/h3-5,7-32,40,49H,1-2,6,33H2/b54-52-,55-51-. The molecule has 0 amide bonds. The first-order valence-electron chi connectivity index (χ1n) is 20.0. The molecule has 3 heterocycles. The van der Waals surface area contributed by atoms with Crippen molar-refractivity contribution in [3.63, 3.8) is 0 Å². The first-order valence-corrected chi connectivity index (χ1v) is 20.0. The second-order valence-corrected chi connectivity index (χ2v) is 15.1. The molecule has 3 aliphatic rings. The zero-order valence-electron chi connectivity index (χ0n) is 31.9. The maximum Gasteiger partial charge on any atom is 0.161 e.